The van der Waals surface area contributed by atoms with Crippen LogP contribution in [0.15, 0.2) is 66.9 Å². The molecule has 0 radical (unpaired) electrons. The zero-order valence-corrected chi connectivity index (χ0v) is 15.2. The molecule has 1 atom stereocenters. The summed E-state index contributed by atoms with van der Waals surface area (Å²) < 4.78 is 0. The van der Waals surface area contributed by atoms with Crippen LogP contribution in [0.4, 0.5) is 10.5 Å². The van der Waals surface area contributed by atoms with Gasteiger partial charge < -0.3 is 10.6 Å². The van der Waals surface area contributed by atoms with E-state index in [0.29, 0.717) is 16.8 Å². The second-order valence-corrected chi connectivity index (χ2v) is 6.74. The lowest BCUT2D eigenvalue weighted by atomic mass is 9.92. The van der Waals surface area contributed by atoms with Crippen molar-refractivity contribution in [2.75, 3.05) is 11.9 Å². The largest absolute Gasteiger partial charge is 0.325 e. The van der Waals surface area contributed by atoms with Crippen molar-refractivity contribution in [1.29, 1.82) is 0 Å². The minimum absolute atomic E-state index is 0.379. The van der Waals surface area contributed by atoms with Gasteiger partial charge in [0.1, 0.15) is 12.1 Å². The van der Waals surface area contributed by atoms with Gasteiger partial charge in [0.15, 0.2) is 0 Å². The lowest BCUT2D eigenvalue weighted by molar-refractivity contribution is -0.133. The maximum absolute atomic E-state index is 12.9. The fraction of sp³-hybridized carbons (Fsp3) is 0.143. The van der Waals surface area contributed by atoms with Crippen molar-refractivity contribution in [2.24, 2.45) is 0 Å². The summed E-state index contributed by atoms with van der Waals surface area (Å²) in [6.45, 7) is 1.26. The van der Waals surface area contributed by atoms with E-state index in [1.807, 2.05) is 24.3 Å². The van der Waals surface area contributed by atoms with Crippen LogP contribution < -0.4 is 10.6 Å². The van der Waals surface area contributed by atoms with Crippen LogP contribution in [0.2, 0.25) is 0 Å². The summed E-state index contributed by atoms with van der Waals surface area (Å²) in [5, 5.41) is 6.32. The molecule has 7 heteroatoms. The minimum Gasteiger partial charge on any atom is -0.323 e. The molecule has 0 bridgehead atoms. The third-order valence-corrected chi connectivity index (χ3v) is 4.83. The molecule has 2 heterocycles. The van der Waals surface area contributed by atoms with Crippen molar-refractivity contribution in [2.45, 2.75) is 12.5 Å². The van der Waals surface area contributed by atoms with Crippen molar-refractivity contribution in [1.82, 2.24) is 15.2 Å². The molecule has 2 N–H and O–H groups in total. The first kappa shape index (κ1) is 17.7. The Hall–Kier alpha value is -3.74. The Bertz CT molecular complexity index is 1080. The average molecular weight is 374 g/mol. The van der Waals surface area contributed by atoms with Crippen molar-refractivity contribution < 1.29 is 14.4 Å². The molecular formula is C21H18N4O3. The zero-order chi connectivity index (χ0) is 19.7. The Balaban J connectivity index is 1.53. The molecule has 28 heavy (non-hydrogen) atoms. The summed E-state index contributed by atoms with van der Waals surface area (Å²) in [4.78, 5) is 43.0. The fourth-order valence-electron chi connectivity index (χ4n) is 3.35. The van der Waals surface area contributed by atoms with Gasteiger partial charge in [-0.2, -0.15) is 0 Å². The van der Waals surface area contributed by atoms with Crippen molar-refractivity contribution in [3.63, 3.8) is 0 Å². The first-order valence-electron chi connectivity index (χ1n) is 8.82. The van der Waals surface area contributed by atoms with E-state index in [-0.39, 0.29) is 6.54 Å². The number of carbonyl (C=O) groups excluding carboxylic acids is 3. The van der Waals surface area contributed by atoms with Crippen LogP contribution in [0.1, 0.15) is 12.5 Å². The van der Waals surface area contributed by atoms with Gasteiger partial charge in [0.2, 0.25) is 5.91 Å². The molecule has 2 aromatic carbocycles. The number of nitrogens with one attached hydrogen (secondary N) is 2. The topological polar surface area (TPSA) is 91.4 Å². The molecule has 0 saturated carbocycles. The van der Waals surface area contributed by atoms with Crippen molar-refractivity contribution in [3.05, 3.63) is 72.4 Å². The van der Waals surface area contributed by atoms with E-state index in [0.717, 1.165) is 10.3 Å². The van der Waals surface area contributed by atoms with E-state index in [9.17, 15) is 14.4 Å². The van der Waals surface area contributed by atoms with Crippen molar-refractivity contribution in [3.8, 4) is 0 Å². The van der Waals surface area contributed by atoms with E-state index in [4.69, 9.17) is 0 Å². The molecule has 3 aromatic rings. The highest BCUT2D eigenvalue weighted by Crippen LogP contribution is 2.28. The minimum atomic E-state index is -1.19. The maximum atomic E-state index is 12.9. The van der Waals surface area contributed by atoms with E-state index in [2.05, 4.69) is 15.6 Å². The molecule has 1 unspecified atom stereocenters. The maximum Gasteiger partial charge on any atom is 0.325 e. The van der Waals surface area contributed by atoms with Crippen molar-refractivity contribution >= 4 is 34.4 Å². The quantitative estimate of drug-likeness (QED) is 0.687. The Kier molecular flexibility index (Phi) is 4.27. The summed E-state index contributed by atoms with van der Waals surface area (Å²) in [5.41, 5.74) is 0.639. The second-order valence-electron chi connectivity index (χ2n) is 6.74. The number of anilines is 1. The Morgan fingerprint density at radius 1 is 1.07 bits per heavy atom. The van der Waals surface area contributed by atoms with E-state index >= 15 is 0 Å². The van der Waals surface area contributed by atoms with Gasteiger partial charge in [0.05, 0.1) is 11.2 Å². The predicted octanol–water partition coefficient (Wildman–Crippen LogP) is 2.64. The van der Waals surface area contributed by atoms with Gasteiger partial charge in [0, 0.05) is 11.6 Å². The van der Waals surface area contributed by atoms with Gasteiger partial charge in [-0.15, -0.1) is 0 Å². The van der Waals surface area contributed by atoms with E-state index in [1.165, 1.54) is 0 Å². The van der Waals surface area contributed by atoms with Gasteiger partial charge in [0.25, 0.3) is 5.91 Å². The molecule has 1 aromatic heterocycles. The highest BCUT2D eigenvalue weighted by atomic mass is 16.2. The molecule has 4 amide bonds. The third kappa shape index (κ3) is 2.96. The fourth-order valence-corrected chi connectivity index (χ4v) is 3.35. The number of fused-ring (bicyclic) bond motifs is 1. The Labute approximate surface area is 161 Å². The van der Waals surface area contributed by atoms with Crippen LogP contribution >= 0.6 is 0 Å². The number of amides is 4. The summed E-state index contributed by atoms with van der Waals surface area (Å²) in [5.74, 6) is -0.936. The molecule has 1 saturated heterocycles. The van der Waals surface area contributed by atoms with Crippen LogP contribution in [0, 0.1) is 0 Å². The Morgan fingerprint density at radius 3 is 2.61 bits per heavy atom. The molecule has 1 aliphatic rings. The number of carbonyl (C=O) groups is 3. The molecule has 1 aliphatic heterocycles. The van der Waals surface area contributed by atoms with Gasteiger partial charge in [-0.3, -0.25) is 19.5 Å². The number of rotatable bonds is 4. The molecule has 0 spiro atoms. The van der Waals surface area contributed by atoms with Crippen LogP contribution in [-0.4, -0.2) is 34.3 Å². The highest BCUT2D eigenvalue weighted by molar-refractivity contribution is 6.11. The van der Waals surface area contributed by atoms with Crippen LogP contribution in [0.5, 0.6) is 0 Å². The summed E-state index contributed by atoms with van der Waals surface area (Å²) in [6.07, 6.45) is 1.64. The number of urea groups is 1. The molecule has 4 rings (SSSR count). The smallest absolute Gasteiger partial charge is 0.323 e. The number of nitrogens with zero attached hydrogens (tertiary/aromatic N) is 2. The number of hydrogen-bond donors (Lipinski definition) is 2. The first-order chi connectivity index (χ1) is 13.5. The number of para-hydroxylation sites is 1. The SMILES string of the molecule is CC1(c2ccccc2)NC(=O)N(CC(=O)Nc2cccc3cccnc23)C1=O. The number of pyridine rings is 1. The number of imide groups is 1. The van der Waals surface area contributed by atoms with Crippen LogP contribution in [0.25, 0.3) is 10.9 Å². The Morgan fingerprint density at radius 2 is 1.82 bits per heavy atom. The first-order valence-corrected chi connectivity index (χ1v) is 8.82. The number of benzene rings is 2. The second kappa shape index (κ2) is 6.77. The standard InChI is InChI=1S/C21H18N4O3/c1-21(15-9-3-2-4-10-15)19(27)25(20(28)24-21)13-17(26)23-16-11-5-7-14-8-6-12-22-18(14)16/h2-12H,13H2,1H3,(H,23,26)(H,24,28). The lowest BCUT2D eigenvalue weighted by Crippen LogP contribution is -2.42. The van der Waals surface area contributed by atoms with E-state index < -0.39 is 23.4 Å². The molecule has 1 fully saturated rings. The summed E-state index contributed by atoms with van der Waals surface area (Å²) in [6, 6.07) is 17.5. The van der Waals surface area contributed by atoms with Gasteiger partial charge in [-0.1, -0.05) is 48.5 Å². The van der Waals surface area contributed by atoms with Gasteiger partial charge in [-0.05, 0) is 24.6 Å². The normalized spacial score (nSPS) is 19.0. The number of aromatic nitrogens is 1. The zero-order valence-electron chi connectivity index (χ0n) is 15.2. The molecular weight excluding hydrogens is 356 g/mol. The lowest BCUT2D eigenvalue weighted by Gasteiger charge is -2.22. The summed E-state index contributed by atoms with van der Waals surface area (Å²) >= 11 is 0. The number of hydrogen-bond acceptors (Lipinski definition) is 4. The average Bonchev–Trinajstić information content (AvgIpc) is 2.93. The van der Waals surface area contributed by atoms with Gasteiger partial charge >= 0.3 is 6.03 Å². The van der Waals surface area contributed by atoms with Crippen LogP contribution in [0.3, 0.4) is 0 Å². The highest BCUT2D eigenvalue weighted by Gasteiger charge is 2.49. The molecule has 7 nitrogen and oxygen atoms in total. The van der Waals surface area contributed by atoms with Crippen LogP contribution in [-0.2, 0) is 15.1 Å². The monoisotopic (exact) mass is 374 g/mol. The third-order valence-electron chi connectivity index (χ3n) is 4.83. The molecule has 0 aliphatic carbocycles. The molecule has 140 valence electrons. The van der Waals surface area contributed by atoms with E-state index in [1.54, 1.807) is 49.5 Å². The summed E-state index contributed by atoms with van der Waals surface area (Å²) in [7, 11) is 0. The van der Waals surface area contributed by atoms with Gasteiger partial charge in [-0.25, -0.2) is 4.79 Å². The predicted molar refractivity (Wildman–Crippen MR) is 104 cm³/mol.